The van der Waals surface area contributed by atoms with E-state index in [1.54, 1.807) is 5.48 Å². The zero-order valence-corrected chi connectivity index (χ0v) is 22.0. The molecule has 0 aliphatic carbocycles. The third-order valence-electron chi connectivity index (χ3n) is 5.91. The summed E-state index contributed by atoms with van der Waals surface area (Å²) in [7, 11) is 0. The average Bonchev–Trinajstić information content (AvgIpc) is 3.34. The number of carbonyl (C=O) groups is 3. The Bertz CT molecular complexity index is 826. The largest absolute Gasteiger partial charge is 0.306 e. The highest BCUT2D eigenvalue weighted by atomic mass is 35.5. The molecule has 0 bridgehead atoms. The van der Waals surface area contributed by atoms with E-state index in [1.807, 2.05) is 70.2 Å². The number of halogens is 1. The molecule has 1 saturated heterocycles. The first-order valence-electron chi connectivity index (χ1n) is 12.2. The van der Waals surface area contributed by atoms with Crippen molar-refractivity contribution in [3.05, 3.63) is 42.0 Å². The van der Waals surface area contributed by atoms with E-state index >= 15 is 0 Å². The fourth-order valence-corrected chi connectivity index (χ4v) is 4.27. The van der Waals surface area contributed by atoms with Gasteiger partial charge >= 0.3 is 0 Å². The summed E-state index contributed by atoms with van der Waals surface area (Å²) in [6.45, 7) is 9.08. The molecule has 2 rings (SSSR count). The summed E-state index contributed by atoms with van der Waals surface area (Å²) < 4.78 is 0. The molecule has 3 amide bonds. The molecule has 0 unspecified atom stereocenters. The molecule has 1 aliphatic heterocycles. The maximum atomic E-state index is 13.5. The normalized spacial score (nSPS) is 17.2. The van der Waals surface area contributed by atoms with Crippen molar-refractivity contribution in [2.45, 2.75) is 59.4 Å². The van der Waals surface area contributed by atoms with E-state index in [-0.39, 0.29) is 48.5 Å². The molecule has 9 heteroatoms. The number of hydrogen-bond acceptors (Lipinski definition) is 5. The summed E-state index contributed by atoms with van der Waals surface area (Å²) in [4.78, 5) is 39.2. The number of carbonyl (C=O) groups excluding carboxylic acids is 3. The number of hydrazine groups is 1. The van der Waals surface area contributed by atoms with E-state index in [1.165, 1.54) is 5.01 Å². The third kappa shape index (κ3) is 9.99. The fourth-order valence-electron chi connectivity index (χ4n) is 4.27. The first-order valence-corrected chi connectivity index (χ1v) is 12.2. The lowest BCUT2D eigenvalue weighted by molar-refractivity contribution is -0.148. The van der Waals surface area contributed by atoms with Gasteiger partial charge in [0.2, 0.25) is 11.8 Å². The van der Waals surface area contributed by atoms with Crippen molar-refractivity contribution in [2.24, 2.45) is 23.7 Å². The minimum atomic E-state index is -0.784. The van der Waals surface area contributed by atoms with Crippen LogP contribution in [-0.2, 0) is 14.4 Å². The molecule has 0 aromatic heterocycles. The molecule has 4 N–H and O–H groups in total. The Kier molecular flexibility index (Phi) is 13.6. The van der Waals surface area contributed by atoms with Gasteiger partial charge in [0, 0.05) is 6.54 Å². The fraction of sp³-hybridized carbons (Fsp3) is 0.577. The second-order valence-electron chi connectivity index (χ2n) is 9.84. The minimum Gasteiger partial charge on any atom is -0.306 e. The summed E-state index contributed by atoms with van der Waals surface area (Å²) in [5, 5.41) is 14.0. The van der Waals surface area contributed by atoms with E-state index in [0.717, 1.165) is 24.9 Å². The van der Waals surface area contributed by atoms with Gasteiger partial charge in [-0.1, -0.05) is 70.2 Å². The van der Waals surface area contributed by atoms with Crippen molar-refractivity contribution in [3.8, 4) is 0 Å². The topological polar surface area (TPSA) is 111 Å². The van der Waals surface area contributed by atoms with E-state index in [2.05, 4.69) is 10.7 Å². The molecule has 0 spiro atoms. The Hall–Kier alpha value is -2.42. The zero-order valence-electron chi connectivity index (χ0n) is 21.2. The number of allylic oxidation sites excluding steroid dienone is 1. The van der Waals surface area contributed by atoms with Crippen molar-refractivity contribution in [2.75, 3.05) is 13.1 Å². The van der Waals surface area contributed by atoms with Gasteiger partial charge in [-0.25, -0.2) is 5.48 Å². The molecule has 35 heavy (non-hydrogen) atoms. The van der Waals surface area contributed by atoms with Crippen LogP contribution in [0.25, 0.3) is 6.08 Å². The van der Waals surface area contributed by atoms with E-state index in [9.17, 15) is 19.6 Å². The lowest BCUT2D eigenvalue weighted by Gasteiger charge is -2.31. The molecule has 3 atom stereocenters. The second-order valence-corrected chi connectivity index (χ2v) is 9.84. The molecule has 8 nitrogen and oxygen atoms in total. The highest BCUT2D eigenvalue weighted by molar-refractivity contribution is 5.90. The van der Waals surface area contributed by atoms with Gasteiger partial charge in [0.15, 0.2) is 0 Å². The number of benzene rings is 1. The first kappa shape index (κ1) is 30.6. The molecule has 1 heterocycles. The lowest BCUT2D eigenvalue weighted by Crippen LogP contribution is -2.56. The van der Waals surface area contributed by atoms with Gasteiger partial charge < -0.3 is 5.32 Å². The SMILES string of the molecule is CC(C)C[C@@H](C(=O)NN(CC(C)C)C(=O)[C@H]1CCCN1)[C@H](CC=Cc1ccccc1)C(=O)NO.Cl. The standard InChI is InChI=1S/C26H40N4O4.ClH/c1-18(2)16-22(21(25(32)29-34)13-8-12-20-10-6-5-7-11-20)24(31)28-30(17-19(3)4)26(33)23-14-9-15-27-23;/h5-8,10-12,18-19,21-23,27,34H,9,13-17H2,1-4H3,(H,28,31)(H,29,32);1H/t21-,22+,23+;/m0./s1. The van der Waals surface area contributed by atoms with E-state index < -0.39 is 17.7 Å². The molecule has 196 valence electrons. The molecular weight excluding hydrogens is 468 g/mol. The molecule has 1 aliphatic rings. The number of nitrogens with zero attached hydrogens (tertiary/aromatic N) is 1. The van der Waals surface area contributed by atoms with E-state index in [0.29, 0.717) is 13.0 Å². The Labute approximate surface area is 215 Å². The van der Waals surface area contributed by atoms with E-state index in [4.69, 9.17) is 0 Å². The van der Waals surface area contributed by atoms with Crippen molar-refractivity contribution >= 4 is 36.2 Å². The first-order chi connectivity index (χ1) is 16.2. The third-order valence-corrected chi connectivity index (χ3v) is 5.91. The van der Waals surface area contributed by atoms with Crippen LogP contribution < -0.4 is 16.2 Å². The van der Waals surface area contributed by atoms with Crippen molar-refractivity contribution in [3.63, 3.8) is 0 Å². The van der Waals surface area contributed by atoms with Crippen LogP contribution in [0, 0.1) is 23.7 Å². The summed E-state index contributed by atoms with van der Waals surface area (Å²) in [5.74, 6) is -2.37. The van der Waals surface area contributed by atoms with Crippen LogP contribution in [0.2, 0.25) is 0 Å². The lowest BCUT2D eigenvalue weighted by atomic mass is 9.82. The van der Waals surface area contributed by atoms with Crippen LogP contribution in [0.5, 0.6) is 0 Å². The number of hydroxylamine groups is 1. The van der Waals surface area contributed by atoms with Gasteiger partial charge in [-0.05, 0) is 49.6 Å². The smallest absolute Gasteiger partial charge is 0.258 e. The van der Waals surface area contributed by atoms with Gasteiger partial charge in [-0.2, -0.15) is 0 Å². The van der Waals surface area contributed by atoms with Crippen LogP contribution in [0.1, 0.15) is 58.9 Å². The highest BCUT2D eigenvalue weighted by Crippen LogP contribution is 2.26. The summed E-state index contributed by atoms with van der Waals surface area (Å²) >= 11 is 0. The van der Waals surface area contributed by atoms with Crippen LogP contribution in [-0.4, -0.2) is 47.1 Å². The zero-order chi connectivity index (χ0) is 25.1. The van der Waals surface area contributed by atoms with Gasteiger partial charge in [0.25, 0.3) is 5.91 Å². The van der Waals surface area contributed by atoms with Gasteiger partial charge in [0.1, 0.15) is 0 Å². The van der Waals surface area contributed by atoms with Crippen LogP contribution in [0.4, 0.5) is 0 Å². The number of rotatable bonds is 11. The highest BCUT2D eigenvalue weighted by Gasteiger charge is 2.36. The number of nitrogens with one attached hydrogen (secondary N) is 3. The Morgan fingerprint density at radius 3 is 2.31 bits per heavy atom. The summed E-state index contributed by atoms with van der Waals surface area (Å²) in [5.41, 5.74) is 5.53. The number of amides is 3. The predicted octanol–water partition coefficient (Wildman–Crippen LogP) is 3.56. The Morgan fingerprint density at radius 1 is 1.09 bits per heavy atom. The quantitative estimate of drug-likeness (QED) is 0.270. The van der Waals surface area contributed by atoms with Crippen molar-refractivity contribution < 1.29 is 19.6 Å². The van der Waals surface area contributed by atoms with Crippen LogP contribution in [0.3, 0.4) is 0 Å². The van der Waals surface area contributed by atoms with Crippen molar-refractivity contribution in [1.29, 1.82) is 0 Å². The Morgan fingerprint density at radius 2 is 1.77 bits per heavy atom. The second kappa shape index (κ2) is 15.5. The van der Waals surface area contributed by atoms with Crippen LogP contribution in [0.15, 0.2) is 36.4 Å². The van der Waals surface area contributed by atoms with Gasteiger partial charge in [0.05, 0.1) is 17.9 Å². The monoisotopic (exact) mass is 508 g/mol. The maximum absolute atomic E-state index is 13.5. The molecule has 0 radical (unpaired) electrons. The Balaban J connectivity index is 0.00000612. The van der Waals surface area contributed by atoms with Crippen molar-refractivity contribution in [1.82, 2.24) is 21.2 Å². The molecule has 0 saturated carbocycles. The summed E-state index contributed by atoms with van der Waals surface area (Å²) in [6.07, 6.45) is 6.10. The molecule has 1 aromatic rings. The predicted molar refractivity (Wildman–Crippen MR) is 139 cm³/mol. The average molecular weight is 509 g/mol. The number of hydrogen-bond donors (Lipinski definition) is 4. The molecule has 1 fully saturated rings. The molecule has 1 aromatic carbocycles. The molecular formula is C26H41ClN4O4. The van der Waals surface area contributed by atoms with Gasteiger partial charge in [-0.3, -0.25) is 30.0 Å². The van der Waals surface area contributed by atoms with Gasteiger partial charge in [-0.15, -0.1) is 12.4 Å². The summed E-state index contributed by atoms with van der Waals surface area (Å²) in [6, 6.07) is 9.35. The van der Waals surface area contributed by atoms with Crippen LogP contribution >= 0.6 is 12.4 Å². The minimum absolute atomic E-state index is 0. The maximum Gasteiger partial charge on any atom is 0.258 e.